The third-order valence-electron chi connectivity index (χ3n) is 2.14. The Bertz CT molecular complexity index is 431. The third-order valence-corrected chi connectivity index (χ3v) is 2.14. The van der Waals surface area contributed by atoms with Crippen molar-refractivity contribution < 1.29 is 14.3 Å². The summed E-state index contributed by atoms with van der Waals surface area (Å²) in [6.07, 6.45) is 2.89. The molecule has 1 heterocycles. The average molecular weight is 220 g/mol. The zero-order valence-electron chi connectivity index (χ0n) is 9.35. The van der Waals surface area contributed by atoms with Gasteiger partial charge < -0.3 is 4.74 Å². The average Bonchev–Trinajstić information content (AvgIpc) is 2.28. The van der Waals surface area contributed by atoms with E-state index in [-0.39, 0.29) is 0 Å². The lowest BCUT2D eigenvalue weighted by molar-refractivity contribution is 0.0600. The van der Waals surface area contributed by atoms with Crippen LogP contribution in [0.4, 0.5) is 0 Å². The van der Waals surface area contributed by atoms with Crippen LogP contribution in [0.15, 0.2) is 23.3 Å². The van der Waals surface area contributed by atoms with E-state index in [4.69, 9.17) is 0 Å². The lowest BCUT2D eigenvalue weighted by Crippen LogP contribution is -2.16. The van der Waals surface area contributed by atoms with Gasteiger partial charge in [0.15, 0.2) is 0 Å². The Hall–Kier alpha value is -2.00. The quantitative estimate of drug-likeness (QED) is 0.439. The molecular weight excluding hydrogens is 208 g/mol. The van der Waals surface area contributed by atoms with Gasteiger partial charge in [0.25, 0.3) is 0 Å². The Balaban J connectivity index is 3.03. The number of ether oxygens (including phenoxy) is 1. The summed E-state index contributed by atoms with van der Waals surface area (Å²) in [7, 11) is 1.30. The molecule has 0 unspecified atom stereocenters. The summed E-state index contributed by atoms with van der Waals surface area (Å²) < 4.78 is 4.54. The van der Waals surface area contributed by atoms with Gasteiger partial charge in [0.2, 0.25) is 6.08 Å². The number of aromatic nitrogens is 1. The molecule has 0 aliphatic carbocycles. The van der Waals surface area contributed by atoms with Crippen LogP contribution in [0, 0.1) is 0 Å². The first kappa shape index (κ1) is 12.1. The van der Waals surface area contributed by atoms with E-state index in [0.717, 1.165) is 0 Å². The molecule has 1 aromatic rings. The number of carbonyl (C=O) groups excluding carboxylic acids is 2. The van der Waals surface area contributed by atoms with E-state index in [2.05, 4.69) is 14.7 Å². The molecule has 1 aromatic heterocycles. The van der Waals surface area contributed by atoms with Gasteiger partial charge in [-0.15, -0.1) is 0 Å². The van der Waals surface area contributed by atoms with E-state index < -0.39 is 11.5 Å². The number of rotatable bonds is 3. The zero-order valence-corrected chi connectivity index (χ0v) is 9.35. The molecular formula is C11H12N2O3. The van der Waals surface area contributed by atoms with Crippen LogP contribution in [-0.4, -0.2) is 24.1 Å². The Kier molecular flexibility index (Phi) is 3.53. The van der Waals surface area contributed by atoms with Crippen molar-refractivity contribution in [3.8, 4) is 0 Å². The number of isocyanates is 1. The van der Waals surface area contributed by atoms with Gasteiger partial charge in [0, 0.05) is 6.20 Å². The first-order chi connectivity index (χ1) is 7.51. The Morgan fingerprint density at radius 2 is 2.19 bits per heavy atom. The van der Waals surface area contributed by atoms with Crippen molar-refractivity contribution in [2.24, 2.45) is 4.99 Å². The van der Waals surface area contributed by atoms with E-state index in [1.54, 1.807) is 26.0 Å². The number of aliphatic imine (C=N–C) groups is 1. The summed E-state index contributed by atoms with van der Waals surface area (Å²) in [5.41, 5.74) is 0.205. The molecule has 0 spiro atoms. The van der Waals surface area contributed by atoms with Crippen molar-refractivity contribution >= 4 is 12.0 Å². The standard InChI is InChI=1S/C11H12N2O3/c1-11(2,13-7-14)9-5-4-8(6-12-9)10(15)16-3/h4-6H,1-3H3. The second-order valence-electron chi connectivity index (χ2n) is 3.69. The fourth-order valence-electron chi connectivity index (χ4n) is 1.17. The van der Waals surface area contributed by atoms with Gasteiger partial charge in [-0.05, 0) is 26.0 Å². The Labute approximate surface area is 93.2 Å². The zero-order chi connectivity index (χ0) is 12.2. The molecule has 16 heavy (non-hydrogen) atoms. The molecule has 0 aliphatic heterocycles. The normalized spacial score (nSPS) is 10.4. The molecule has 5 heteroatoms. The van der Waals surface area contributed by atoms with Crippen LogP contribution >= 0.6 is 0 Å². The first-order valence-corrected chi connectivity index (χ1v) is 4.65. The highest BCUT2D eigenvalue weighted by Gasteiger charge is 2.21. The number of pyridine rings is 1. The van der Waals surface area contributed by atoms with Gasteiger partial charge in [-0.1, -0.05) is 0 Å². The number of carbonyl (C=O) groups is 1. The SMILES string of the molecule is COC(=O)c1ccc(C(C)(C)N=C=O)nc1. The minimum Gasteiger partial charge on any atom is -0.465 e. The van der Waals surface area contributed by atoms with Gasteiger partial charge in [-0.2, -0.15) is 4.99 Å². The lowest BCUT2D eigenvalue weighted by Gasteiger charge is -2.16. The number of hydrogen-bond donors (Lipinski definition) is 0. The van der Waals surface area contributed by atoms with Crippen molar-refractivity contribution in [3.63, 3.8) is 0 Å². The summed E-state index contributed by atoms with van der Waals surface area (Å²) >= 11 is 0. The predicted molar refractivity (Wildman–Crippen MR) is 56.7 cm³/mol. The maximum atomic E-state index is 11.2. The summed E-state index contributed by atoms with van der Waals surface area (Å²) in [5, 5.41) is 0. The fraction of sp³-hybridized carbons (Fsp3) is 0.364. The van der Waals surface area contributed by atoms with Crippen molar-refractivity contribution in [1.82, 2.24) is 4.98 Å². The first-order valence-electron chi connectivity index (χ1n) is 4.65. The minimum absolute atomic E-state index is 0.358. The molecule has 0 aliphatic rings. The second kappa shape index (κ2) is 4.68. The monoisotopic (exact) mass is 220 g/mol. The van der Waals surface area contributed by atoms with Gasteiger partial charge in [-0.3, -0.25) is 4.98 Å². The van der Waals surface area contributed by atoms with Crippen LogP contribution in [0.25, 0.3) is 0 Å². The highest BCUT2D eigenvalue weighted by Crippen LogP contribution is 2.21. The van der Waals surface area contributed by atoms with E-state index in [0.29, 0.717) is 11.3 Å². The van der Waals surface area contributed by atoms with Gasteiger partial charge in [-0.25, -0.2) is 9.59 Å². The second-order valence-corrected chi connectivity index (χ2v) is 3.69. The van der Waals surface area contributed by atoms with Gasteiger partial charge in [0.1, 0.15) is 5.54 Å². The maximum Gasteiger partial charge on any atom is 0.339 e. The van der Waals surface area contributed by atoms with Crippen LogP contribution in [0.5, 0.6) is 0 Å². The lowest BCUT2D eigenvalue weighted by atomic mass is 10.0. The van der Waals surface area contributed by atoms with Crippen LogP contribution < -0.4 is 0 Å². The van der Waals surface area contributed by atoms with Gasteiger partial charge >= 0.3 is 5.97 Å². The van der Waals surface area contributed by atoms with Crippen molar-refractivity contribution in [2.45, 2.75) is 19.4 Å². The molecule has 0 saturated carbocycles. The number of nitrogens with zero attached hydrogens (tertiary/aromatic N) is 2. The van der Waals surface area contributed by atoms with Crippen LogP contribution in [0.1, 0.15) is 29.9 Å². The summed E-state index contributed by atoms with van der Waals surface area (Å²) in [6.45, 7) is 3.47. The van der Waals surface area contributed by atoms with Crippen LogP contribution in [0.3, 0.4) is 0 Å². The molecule has 0 N–H and O–H groups in total. The summed E-state index contributed by atoms with van der Waals surface area (Å²) in [5.74, 6) is -0.448. The predicted octanol–water partition coefficient (Wildman–Crippen LogP) is 1.44. The summed E-state index contributed by atoms with van der Waals surface area (Å²) in [4.78, 5) is 29.1. The Morgan fingerprint density at radius 3 is 2.62 bits per heavy atom. The van der Waals surface area contributed by atoms with Gasteiger partial charge in [0.05, 0.1) is 18.4 Å². The number of hydrogen-bond acceptors (Lipinski definition) is 5. The Morgan fingerprint density at radius 1 is 1.50 bits per heavy atom. The molecule has 5 nitrogen and oxygen atoms in total. The largest absolute Gasteiger partial charge is 0.465 e. The highest BCUT2D eigenvalue weighted by molar-refractivity contribution is 5.88. The highest BCUT2D eigenvalue weighted by atomic mass is 16.5. The van der Waals surface area contributed by atoms with Crippen molar-refractivity contribution in [2.75, 3.05) is 7.11 Å². The molecule has 0 fully saturated rings. The number of esters is 1. The third kappa shape index (κ3) is 2.52. The van der Waals surface area contributed by atoms with E-state index in [9.17, 15) is 9.59 Å². The molecule has 84 valence electrons. The molecule has 0 atom stereocenters. The van der Waals surface area contributed by atoms with Crippen molar-refractivity contribution in [3.05, 3.63) is 29.6 Å². The molecule has 1 rings (SSSR count). The molecule has 0 amide bonds. The van der Waals surface area contributed by atoms with Crippen molar-refractivity contribution in [1.29, 1.82) is 0 Å². The fourth-order valence-corrected chi connectivity index (χ4v) is 1.17. The molecule has 0 bridgehead atoms. The molecule has 0 aromatic carbocycles. The maximum absolute atomic E-state index is 11.2. The van der Waals surface area contributed by atoms with Crippen LogP contribution in [0.2, 0.25) is 0 Å². The molecule has 0 saturated heterocycles. The molecule has 0 radical (unpaired) electrons. The summed E-state index contributed by atoms with van der Waals surface area (Å²) in [6, 6.07) is 3.21. The van der Waals surface area contributed by atoms with E-state index in [1.807, 2.05) is 0 Å². The minimum atomic E-state index is -0.740. The number of methoxy groups -OCH3 is 1. The topological polar surface area (TPSA) is 68.6 Å². The smallest absolute Gasteiger partial charge is 0.339 e. The van der Waals surface area contributed by atoms with E-state index in [1.165, 1.54) is 19.4 Å². The van der Waals surface area contributed by atoms with E-state index >= 15 is 0 Å². The van der Waals surface area contributed by atoms with Crippen LogP contribution in [-0.2, 0) is 15.1 Å².